The fourth-order valence-electron chi connectivity index (χ4n) is 12.7. The smallest absolute Gasteiger partial charge is 0.137 e. The molecular formula is C72H62N6O. The van der Waals surface area contributed by atoms with Crippen LogP contribution in [0.25, 0.3) is 83.2 Å². The lowest BCUT2D eigenvalue weighted by Crippen LogP contribution is -2.25. The Bertz CT molecular complexity index is 4200. The number of benzene rings is 9. The predicted molar refractivity (Wildman–Crippen MR) is 328 cm³/mol. The minimum absolute atomic E-state index is 0.291. The number of anilines is 4. The SMILES string of the molecule is Cc1cc(-n2c3ccccc3c3ccc(Oc4cc(-c5c(C(C)C)cccc5C(C)C)cc(N5CN(c6c(-c7ccccc7)cccc6-c6ccccc6)c6cc7c(cc65)nc5n7CCCC5)c4)cc32)ncc1-c1ccccc1. The van der Waals surface area contributed by atoms with Gasteiger partial charge in [0, 0.05) is 64.4 Å². The van der Waals surface area contributed by atoms with Crippen LogP contribution in [0.3, 0.4) is 0 Å². The summed E-state index contributed by atoms with van der Waals surface area (Å²) < 4.78 is 12.1. The Morgan fingerprint density at radius 1 is 0.494 bits per heavy atom. The van der Waals surface area contributed by atoms with Crippen LogP contribution in [0.5, 0.6) is 11.5 Å². The molecule has 0 unspecified atom stereocenters. The lowest BCUT2D eigenvalue weighted by molar-refractivity contribution is 0.483. The Balaban J connectivity index is 0.967. The summed E-state index contributed by atoms with van der Waals surface area (Å²) in [5.41, 5.74) is 22.0. The summed E-state index contributed by atoms with van der Waals surface area (Å²) in [4.78, 5) is 15.6. The quantitative estimate of drug-likeness (QED) is 0.129. The maximum absolute atomic E-state index is 7.33. The molecule has 5 heterocycles. The number of imidazole rings is 1. The molecule has 0 spiro atoms. The van der Waals surface area contributed by atoms with Crippen molar-refractivity contribution in [2.45, 2.75) is 72.3 Å². The maximum Gasteiger partial charge on any atom is 0.137 e. The van der Waals surface area contributed by atoms with Crippen molar-refractivity contribution in [3.63, 3.8) is 0 Å². The van der Waals surface area contributed by atoms with Gasteiger partial charge < -0.3 is 19.1 Å². The van der Waals surface area contributed by atoms with Crippen LogP contribution in [0, 0.1) is 6.92 Å². The van der Waals surface area contributed by atoms with Crippen molar-refractivity contribution in [3.8, 4) is 61.8 Å². The molecule has 386 valence electrons. The molecule has 0 N–H and O–H groups in total. The molecule has 12 aromatic rings. The lowest BCUT2D eigenvalue weighted by atomic mass is 9.85. The number of fused-ring (bicyclic) bond motifs is 7. The largest absolute Gasteiger partial charge is 0.457 e. The van der Waals surface area contributed by atoms with E-state index in [2.05, 4.69) is 260 Å². The van der Waals surface area contributed by atoms with Gasteiger partial charge >= 0.3 is 0 Å². The molecule has 7 heteroatoms. The summed E-state index contributed by atoms with van der Waals surface area (Å²) >= 11 is 0. The van der Waals surface area contributed by atoms with Gasteiger partial charge in [-0.15, -0.1) is 0 Å². The van der Waals surface area contributed by atoms with E-state index >= 15 is 0 Å². The molecule has 0 radical (unpaired) electrons. The number of ether oxygens (including phenoxy) is 1. The van der Waals surface area contributed by atoms with Gasteiger partial charge in [-0.05, 0) is 125 Å². The van der Waals surface area contributed by atoms with Crippen LogP contribution in [-0.4, -0.2) is 25.8 Å². The minimum Gasteiger partial charge on any atom is -0.457 e. The van der Waals surface area contributed by atoms with Crippen LogP contribution in [0.2, 0.25) is 0 Å². The summed E-state index contributed by atoms with van der Waals surface area (Å²) in [6.07, 6.45) is 5.31. The number of hydrogen-bond acceptors (Lipinski definition) is 5. The minimum atomic E-state index is 0.291. The summed E-state index contributed by atoms with van der Waals surface area (Å²) in [5, 5.41) is 2.31. The Morgan fingerprint density at radius 2 is 1.13 bits per heavy atom. The first-order valence-corrected chi connectivity index (χ1v) is 28.1. The van der Waals surface area contributed by atoms with Gasteiger partial charge in [0.15, 0.2) is 0 Å². The van der Waals surface area contributed by atoms with E-state index in [1.807, 2.05) is 6.20 Å². The number of para-hydroxylation sites is 2. The summed E-state index contributed by atoms with van der Waals surface area (Å²) in [6.45, 7) is 12.9. The second kappa shape index (κ2) is 19.7. The number of rotatable bonds is 11. The molecule has 2 aliphatic heterocycles. The molecule has 14 rings (SSSR count). The zero-order chi connectivity index (χ0) is 53.3. The zero-order valence-corrected chi connectivity index (χ0v) is 45.5. The van der Waals surface area contributed by atoms with Crippen molar-refractivity contribution in [2.24, 2.45) is 0 Å². The van der Waals surface area contributed by atoms with E-state index in [-0.39, 0.29) is 0 Å². The van der Waals surface area contributed by atoms with Crippen LogP contribution >= 0.6 is 0 Å². The van der Waals surface area contributed by atoms with Gasteiger partial charge in [0.1, 0.15) is 29.8 Å². The maximum atomic E-state index is 7.33. The van der Waals surface area contributed by atoms with Crippen molar-refractivity contribution in [1.29, 1.82) is 0 Å². The lowest BCUT2D eigenvalue weighted by Gasteiger charge is -2.28. The third-order valence-corrected chi connectivity index (χ3v) is 16.5. The van der Waals surface area contributed by atoms with Crippen molar-refractivity contribution in [1.82, 2.24) is 19.1 Å². The van der Waals surface area contributed by atoms with Gasteiger partial charge in [0.05, 0.1) is 39.1 Å². The van der Waals surface area contributed by atoms with Crippen LogP contribution in [0.1, 0.15) is 74.9 Å². The van der Waals surface area contributed by atoms with Gasteiger partial charge in [0.2, 0.25) is 0 Å². The molecule has 3 aromatic heterocycles. The van der Waals surface area contributed by atoms with Gasteiger partial charge in [-0.1, -0.05) is 173 Å². The van der Waals surface area contributed by atoms with Gasteiger partial charge in [-0.2, -0.15) is 0 Å². The third-order valence-electron chi connectivity index (χ3n) is 16.5. The molecular weight excluding hydrogens is 965 g/mol. The van der Waals surface area contributed by atoms with E-state index < -0.39 is 0 Å². The Morgan fingerprint density at radius 3 is 1.81 bits per heavy atom. The summed E-state index contributed by atoms with van der Waals surface area (Å²) in [6, 6.07) is 75.0. The first-order valence-electron chi connectivity index (χ1n) is 28.1. The fraction of sp³-hybridized carbons (Fsp3) is 0.167. The number of aromatic nitrogens is 4. The van der Waals surface area contributed by atoms with Gasteiger partial charge in [0.25, 0.3) is 0 Å². The molecule has 0 fully saturated rings. The fourth-order valence-corrected chi connectivity index (χ4v) is 12.7. The second-order valence-electron chi connectivity index (χ2n) is 22.1. The van der Waals surface area contributed by atoms with Gasteiger partial charge in [-0.25, -0.2) is 9.97 Å². The molecule has 2 aliphatic rings. The molecule has 0 atom stereocenters. The molecule has 79 heavy (non-hydrogen) atoms. The molecule has 0 saturated heterocycles. The summed E-state index contributed by atoms with van der Waals surface area (Å²) in [5.74, 6) is 4.13. The van der Waals surface area contributed by atoms with E-state index in [0.29, 0.717) is 18.5 Å². The number of aryl methyl sites for hydroxylation is 3. The Labute approximate surface area is 462 Å². The van der Waals surface area contributed by atoms with Crippen LogP contribution < -0.4 is 14.5 Å². The number of nitrogens with zero attached hydrogens (tertiary/aromatic N) is 6. The van der Waals surface area contributed by atoms with Crippen molar-refractivity contribution < 1.29 is 4.74 Å². The van der Waals surface area contributed by atoms with Crippen LogP contribution in [-0.2, 0) is 13.0 Å². The Kier molecular flexibility index (Phi) is 12.0. The molecule has 9 aromatic carbocycles. The first kappa shape index (κ1) is 48.2. The Hall–Kier alpha value is -9.20. The average Bonchev–Trinajstić information content (AvgIpc) is 4.30. The topological polar surface area (TPSA) is 51.4 Å². The van der Waals surface area contributed by atoms with E-state index in [4.69, 9.17) is 14.7 Å². The molecule has 0 aliphatic carbocycles. The highest BCUT2D eigenvalue weighted by Gasteiger charge is 2.34. The molecule has 0 amide bonds. The van der Waals surface area contributed by atoms with Crippen LogP contribution in [0.15, 0.2) is 212 Å². The van der Waals surface area contributed by atoms with Crippen LogP contribution in [0.4, 0.5) is 22.7 Å². The van der Waals surface area contributed by atoms with Gasteiger partial charge in [-0.3, -0.25) is 4.57 Å². The second-order valence-corrected chi connectivity index (χ2v) is 22.1. The van der Waals surface area contributed by atoms with Crippen molar-refractivity contribution >= 4 is 55.6 Å². The van der Waals surface area contributed by atoms with E-state index in [1.54, 1.807) is 0 Å². The third kappa shape index (κ3) is 8.43. The number of pyridine rings is 1. The van der Waals surface area contributed by atoms with Crippen molar-refractivity contribution in [2.75, 3.05) is 16.5 Å². The molecule has 0 bridgehead atoms. The highest BCUT2D eigenvalue weighted by molar-refractivity contribution is 6.09. The standard InChI is InChI=1S/C72H62N6O/c1-46(2)56-28-19-29-57(47(3)4)71(56)52-38-53(40-55(39-52)79-54-34-35-61-60-27-15-16-32-64(60)78(65(61)41-54)70-37-48(5)62(44-73-70)51-25-13-8-14-26-51)76-45-77(68-43-66-63(42-67(68)76)74-69-33-17-18-36-75(66)69)72-58(49-21-9-6-10-22-49)30-20-31-59(72)50-23-11-7-12-24-50/h6-16,19-32,34-35,37-44,46-47H,17-18,33,36,45H2,1-5H3. The predicted octanol–water partition coefficient (Wildman–Crippen LogP) is 19.1. The monoisotopic (exact) mass is 1030 g/mol. The highest BCUT2D eigenvalue weighted by Crippen LogP contribution is 2.53. The normalized spacial score (nSPS) is 13.3. The molecule has 7 nitrogen and oxygen atoms in total. The van der Waals surface area contributed by atoms with Crippen molar-refractivity contribution in [3.05, 3.63) is 235 Å². The zero-order valence-electron chi connectivity index (χ0n) is 45.5. The van der Waals surface area contributed by atoms with E-state index in [1.165, 1.54) is 61.4 Å². The molecule has 0 saturated carbocycles. The van der Waals surface area contributed by atoms with E-state index in [0.717, 1.165) is 104 Å². The first-order chi connectivity index (χ1) is 38.7. The summed E-state index contributed by atoms with van der Waals surface area (Å²) in [7, 11) is 0. The average molecular weight is 1030 g/mol. The number of hydrogen-bond donors (Lipinski definition) is 0. The van der Waals surface area contributed by atoms with E-state index in [9.17, 15) is 0 Å². The highest BCUT2D eigenvalue weighted by atomic mass is 16.5.